The molecule has 0 aliphatic carbocycles. The van der Waals surface area contributed by atoms with Gasteiger partial charge in [-0.3, -0.25) is 4.98 Å². The highest BCUT2D eigenvalue weighted by molar-refractivity contribution is 7.27. The number of thiazole rings is 1. The molecule has 1 aromatic rings. The molecular weight excluding hydrogens is 244 g/mol. The van der Waals surface area contributed by atoms with Crippen LogP contribution in [-0.2, 0) is 0 Å². The summed E-state index contributed by atoms with van der Waals surface area (Å²) in [7, 11) is -1.64. The molecule has 0 spiro atoms. The van der Waals surface area contributed by atoms with Crippen LogP contribution < -0.4 is 4.63 Å². The average Bonchev–Trinajstić information content (AvgIpc) is 2.65. The summed E-state index contributed by atoms with van der Waals surface area (Å²) in [6.45, 7) is 13.9. The average molecular weight is 266 g/mol. The molecule has 1 rings (SSSR count). The van der Waals surface area contributed by atoms with Gasteiger partial charge in [0, 0.05) is 0 Å². The minimum Gasteiger partial charge on any atom is -0.253 e. The van der Waals surface area contributed by atoms with Crippen LogP contribution in [0.2, 0.25) is 16.6 Å². The molecule has 0 saturated heterocycles. The molecule has 4 heteroatoms. The van der Waals surface area contributed by atoms with Crippen molar-refractivity contribution >= 4 is 24.0 Å². The largest absolute Gasteiger partial charge is 0.253 e. The van der Waals surface area contributed by atoms with Crippen LogP contribution in [0.1, 0.15) is 46.4 Å². The monoisotopic (exact) mass is 266 g/mol. The molecule has 0 bridgehead atoms. The number of hydrogen-bond donors (Lipinski definition) is 0. The Kier molecular flexibility index (Phi) is 4.51. The molecule has 0 saturated carbocycles. The number of nitriles is 1. The van der Waals surface area contributed by atoms with Crippen LogP contribution in [0, 0.1) is 11.3 Å². The fourth-order valence-electron chi connectivity index (χ4n) is 3.27. The standard InChI is InChI=1S/C13H22N2SSi/c1-9(2)17(10(3)4,11(5)6)13-15-8-12(7-14)16-13/h8-11H,1-6H3. The van der Waals surface area contributed by atoms with Crippen LogP contribution in [0.15, 0.2) is 6.20 Å². The lowest BCUT2D eigenvalue weighted by molar-refractivity contribution is 0.834. The van der Waals surface area contributed by atoms with Crippen molar-refractivity contribution in [3.05, 3.63) is 11.1 Å². The topological polar surface area (TPSA) is 36.7 Å². The Hall–Kier alpha value is -0.663. The Morgan fingerprint density at radius 1 is 1.12 bits per heavy atom. The molecule has 0 aromatic carbocycles. The van der Waals surface area contributed by atoms with Crippen LogP contribution >= 0.6 is 11.3 Å². The lowest BCUT2D eigenvalue weighted by Crippen LogP contribution is -2.55. The Morgan fingerprint density at radius 2 is 1.59 bits per heavy atom. The first-order valence-electron chi connectivity index (χ1n) is 6.23. The van der Waals surface area contributed by atoms with E-state index in [9.17, 15) is 0 Å². The number of aromatic nitrogens is 1. The molecule has 1 aromatic heterocycles. The van der Waals surface area contributed by atoms with Crippen molar-refractivity contribution in [3.63, 3.8) is 0 Å². The second-order valence-electron chi connectivity index (χ2n) is 5.54. The van der Waals surface area contributed by atoms with E-state index in [0.717, 1.165) is 4.88 Å². The van der Waals surface area contributed by atoms with E-state index in [1.807, 2.05) is 0 Å². The highest BCUT2D eigenvalue weighted by Gasteiger charge is 2.46. The maximum atomic E-state index is 8.97. The second kappa shape index (κ2) is 5.32. The van der Waals surface area contributed by atoms with Crippen molar-refractivity contribution in [1.82, 2.24) is 4.98 Å². The lowest BCUT2D eigenvalue weighted by atomic mass is 10.5. The lowest BCUT2D eigenvalue weighted by Gasteiger charge is -2.41. The van der Waals surface area contributed by atoms with Crippen molar-refractivity contribution in [2.45, 2.75) is 58.2 Å². The smallest absolute Gasteiger partial charge is 0.131 e. The van der Waals surface area contributed by atoms with E-state index in [4.69, 9.17) is 5.26 Å². The minimum atomic E-state index is -1.64. The summed E-state index contributed by atoms with van der Waals surface area (Å²) in [4.78, 5) is 5.33. The highest BCUT2D eigenvalue weighted by Crippen LogP contribution is 2.41. The molecule has 0 unspecified atom stereocenters. The molecule has 2 nitrogen and oxygen atoms in total. The predicted octanol–water partition coefficient (Wildman–Crippen LogP) is 3.90. The second-order valence-corrected chi connectivity index (χ2v) is 12.7. The van der Waals surface area contributed by atoms with Gasteiger partial charge in [-0.25, -0.2) is 0 Å². The van der Waals surface area contributed by atoms with E-state index in [1.165, 1.54) is 4.63 Å². The van der Waals surface area contributed by atoms with E-state index in [2.05, 4.69) is 52.6 Å². The Morgan fingerprint density at radius 3 is 1.88 bits per heavy atom. The van der Waals surface area contributed by atoms with Crippen LogP contribution in [0.5, 0.6) is 0 Å². The maximum absolute atomic E-state index is 8.97. The summed E-state index contributed by atoms with van der Waals surface area (Å²) in [5.41, 5.74) is 1.96. The summed E-state index contributed by atoms with van der Waals surface area (Å²) in [5, 5.41) is 8.97. The Balaban J connectivity index is 3.37. The van der Waals surface area contributed by atoms with E-state index in [-0.39, 0.29) is 0 Å². The molecule has 0 aliphatic heterocycles. The van der Waals surface area contributed by atoms with Crippen LogP contribution in [0.4, 0.5) is 0 Å². The molecule has 0 amide bonds. The molecule has 94 valence electrons. The maximum Gasteiger partial charge on any atom is 0.131 e. The third kappa shape index (κ3) is 2.31. The first-order valence-corrected chi connectivity index (χ1v) is 9.28. The van der Waals surface area contributed by atoms with Gasteiger partial charge in [0.05, 0.1) is 10.8 Å². The zero-order chi connectivity index (χ0) is 13.2. The summed E-state index contributed by atoms with van der Waals surface area (Å²) in [6.07, 6.45) is 1.74. The van der Waals surface area contributed by atoms with Gasteiger partial charge in [-0.1, -0.05) is 41.5 Å². The third-order valence-corrected chi connectivity index (χ3v) is 12.5. The van der Waals surface area contributed by atoms with Gasteiger partial charge >= 0.3 is 0 Å². The van der Waals surface area contributed by atoms with Gasteiger partial charge in [-0.15, -0.1) is 11.3 Å². The zero-order valence-electron chi connectivity index (χ0n) is 11.6. The fraction of sp³-hybridized carbons (Fsp3) is 0.692. The van der Waals surface area contributed by atoms with Crippen LogP contribution in [0.25, 0.3) is 0 Å². The van der Waals surface area contributed by atoms with Gasteiger partial charge in [0.2, 0.25) is 0 Å². The van der Waals surface area contributed by atoms with Gasteiger partial charge < -0.3 is 0 Å². The molecule has 0 fully saturated rings. The summed E-state index contributed by atoms with van der Waals surface area (Å²) >= 11 is 1.61. The molecule has 0 N–H and O–H groups in total. The van der Waals surface area contributed by atoms with Gasteiger partial charge in [0.15, 0.2) is 0 Å². The van der Waals surface area contributed by atoms with Gasteiger partial charge in [-0.05, 0) is 16.6 Å². The van der Waals surface area contributed by atoms with Crippen molar-refractivity contribution in [1.29, 1.82) is 5.26 Å². The van der Waals surface area contributed by atoms with E-state index >= 15 is 0 Å². The van der Waals surface area contributed by atoms with Gasteiger partial charge in [-0.2, -0.15) is 5.26 Å². The van der Waals surface area contributed by atoms with Gasteiger partial charge in [0.25, 0.3) is 0 Å². The normalized spacial score (nSPS) is 12.5. The van der Waals surface area contributed by atoms with Crippen molar-refractivity contribution in [2.75, 3.05) is 0 Å². The number of nitrogens with zero attached hydrogens (tertiary/aromatic N) is 2. The Bertz CT molecular complexity index is 394. The van der Waals surface area contributed by atoms with E-state index in [1.54, 1.807) is 17.5 Å². The third-order valence-electron chi connectivity index (χ3n) is 3.85. The summed E-state index contributed by atoms with van der Waals surface area (Å²) < 4.78 is 1.26. The van der Waals surface area contributed by atoms with E-state index in [0.29, 0.717) is 16.6 Å². The molecule has 0 aliphatic rings. The van der Waals surface area contributed by atoms with Crippen molar-refractivity contribution < 1.29 is 0 Å². The van der Waals surface area contributed by atoms with Crippen molar-refractivity contribution in [3.8, 4) is 6.07 Å². The van der Waals surface area contributed by atoms with Gasteiger partial charge in [0.1, 0.15) is 19.0 Å². The molecule has 0 radical (unpaired) electrons. The predicted molar refractivity (Wildman–Crippen MR) is 77.5 cm³/mol. The number of hydrogen-bond acceptors (Lipinski definition) is 3. The molecule has 0 atom stereocenters. The van der Waals surface area contributed by atoms with Crippen LogP contribution in [0.3, 0.4) is 0 Å². The number of rotatable bonds is 4. The van der Waals surface area contributed by atoms with E-state index < -0.39 is 8.07 Å². The first-order chi connectivity index (χ1) is 7.87. The zero-order valence-corrected chi connectivity index (χ0v) is 13.4. The Labute approximate surface area is 110 Å². The molecular formula is C13H22N2SSi. The first kappa shape index (κ1) is 14.4. The molecule has 17 heavy (non-hydrogen) atoms. The van der Waals surface area contributed by atoms with Crippen molar-refractivity contribution in [2.24, 2.45) is 0 Å². The summed E-state index contributed by atoms with van der Waals surface area (Å²) in [6, 6.07) is 2.21. The minimum absolute atomic E-state index is 0.653. The SMILES string of the molecule is CC(C)[Si](c1ncc(C#N)s1)(C(C)C)C(C)C. The molecule has 1 heterocycles. The summed E-state index contributed by atoms with van der Waals surface area (Å²) in [5.74, 6) is 0. The highest BCUT2D eigenvalue weighted by atomic mass is 32.1. The fourth-order valence-corrected chi connectivity index (χ4v) is 12.7. The van der Waals surface area contributed by atoms with Crippen LogP contribution in [-0.4, -0.2) is 13.1 Å². The quantitative estimate of drug-likeness (QED) is 0.775.